The van der Waals surface area contributed by atoms with Gasteiger partial charge < -0.3 is 9.53 Å². The van der Waals surface area contributed by atoms with Gasteiger partial charge in [-0.3, -0.25) is 0 Å². The second-order valence-electron chi connectivity index (χ2n) is 2.52. The fourth-order valence-corrected chi connectivity index (χ4v) is 1.07. The lowest BCUT2D eigenvalue weighted by Crippen LogP contribution is -1.91. The Morgan fingerprint density at radius 1 is 1.62 bits per heavy atom. The predicted molar refractivity (Wildman–Crippen MR) is 47.5 cm³/mol. The maximum Gasteiger partial charge on any atom is 0.136 e. The minimum Gasteiger partial charge on any atom is -0.495 e. The van der Waals surface area contributed by atoms with E-state index in [1.165, 1.54) is 7.11 Å². The molecule has 1 aromatic rings. The molecule has 0 heterocycles. The highest BCUT2D eigenvalue weighted by molar-refractivity contribution is 5.57. The minimum absolute atomic E-state index is 0.332. The highest BCUT2D eigenvalue weighted by Crippen LogP contribution is 2.18. The third kappa shape index (κ3) is 2.06. The monoisotopic (exact) mass is 175 g/mol. The molecule has 3 nitrogen and oxygen atoms in total. The number of carbonyl (C=O) groups excluding carboxylic acids is 1. The molecule has 0 saturated carbocycles. The van der Waals surface area contributed by atoms with Gasteiger partial charge in [0, 0.05) is 6.42 Å². The van der Waals surface area contributed by atoms with Crippen molar-refractivity contribution in [1.29, 1.82) is 5.26 Å². The molecule has 0 amide bonds. The third-order valence-corrected chi connectivity index (χ3v) is 1.70. The van der Waals surface area contributed by atoms with E-state index in [0.29, 0.717) is 17.7 Å². The molecule has 0 atom stereocenters. The van der Waals surface area contributed by atoms with Crippen molar-refractivity contribution >= 4 is 6.29 Å². The topological polar surface area (TPSA) is 50.1 Å². The molecule has 0 unspecified atom stereocenters. The molecular weight excluding hydrogens is 166 g/mol. The van der Waals surface area contributed by atoms with Crippen LogP contribution in [-0.2, 0) is 11.2 Å². The van der Waals surface area contributed by atoms with Crippen molar-refractivity contribution in [2.24, 2.45) is 0 Å². The lowest BCUT2D eigenvalue weighted by molar-refractivity contribution is -0.107. The zero-order valence-corrected chi connectivity index (χ0v) is 7.28. The standard InChI is InChI=1S/C10H9NO2/c1-13-10-3-2-8(4-5-12)6-9(10)7-11/h2-3,5-6H,4H2,1H3. The average molecular weight is 175 g/mol. The molecule has 1 aromatic carbocycles. The van der Waals surface area contributed by atoms with E-state index in [9.17, 15) is 4.79 Å². The molecule has 0 aromatic heterocycles. The summed E-state index contributed by atoms with van der Waals surface area (Å²) in [6, 6.07) is 7.13. The quantitative estimate of drug-likeness (QED) is 0.651. The molecule has 0 bridgehead atoms. The Bertz CT molecular complexity index is 352. The Balaban J connectivity index is 3.07. The molecule has 0 fully saturated rings. The number of methoxy groups -OCH3 is 1. The van der Waals surface area contributed by atoms with Crippen LogP contribution in [0.3, 0.4) is 0 Å². The summed E-state index contributed by atoms with van der Waals surface area (Å²) >= 11 is 0. The Morgan fingerprint density at radius 3 is 2.92 bits per heavy atom. The first-order chi connectivity index (χ1) is 6.31. The average Bonchev–Trinajstić information content (AvgIpc) is 2.18. The number of nitrogens with zero attached hydrogens (tertiary/aromatic N) is 1. The number of rotatable bonds is 3. The summed E-state index contributed by atoms with van der Waals surface area (Å²) in [6.07, 6.45) is 1.14. The second kappa shape index (κ2) is 4.27. The van der Waals surface area contributed by atoms with E-state index in [0.717, 1.165) is 11.8 Å². The minimum atomic E-state index is 0.332. The van der Waals surface area contributed by atoms with Crippen molar-refractivity contribution in [3.05, 3.63) is 29.3 Å². The van der Waals surface area contributed by atoms with Gasteiger partial charge in [0.05, 0.1) is 12.7 Å². The Kier molecular flexibility index (Phi) is 3.04. The van der Waals surface area contributed by atoms with Crippen LogP contribution < -0.4 is 4.74 Å². The van der Waals surface area contributed by atoms with Gasteiger partial charge in [0.15, 0.2) is 0 Å². The van der Waals surface area contributed by atoms with E-state index in [4.69, 9.17) is 10.00 Å². The highest BCUT2D eigenvalue weighted by atomic mass is 16.5. The second-order valence-corrected chi connectivity index (χ2v) is 2.52. The number of nitriles is 1. The van der Waals surface area contributed by atoms with Crippen molar-refractivity contribution in [1.82, 2.24) is 0 Å². The van der Waals surface area contributed by atoms with Crippen molar-refractivity contribution in [3.8, 4) is 11.8 Å². The summed E-state index contributed by atoms with van der Waals surface area (Å²) in [4.78, 5) is 10.2. The molecule has 0 N–H and O–H groups in total. The summed E-state index contributed by atoms with van der Waals surface area (Å²) in [7, 11) is 1.51. The summed E-state index contributed by atoms with van der Waals surface area (Å²) in [6.45, 7) is 0. The lowest BCUT2D eigenvalue weighted by Gasteiger charge is -2.02. The van der Waals surface area contributed by atoms with Gasteiger partial charge in [-0.1, -0.05) is 6.07 Å². The van der Waals surface area contributed by atoms with Crippen LogP contribution in [0.2, 0.25) is 0 Å². The van der Waals surface area contributed by atoms with Gasteiger partial charge in [-0.05, 0) is 17.7 Å². The molecule has 0 aliphatic carbocycles. The maximum absolute atomic E-state index is 10.2. The van der Waals surface area contributed by atoms with E-state index in [-0.39, 0.29) is 0 Å². The molecule has 0 aliphatic rings. The molecule has 3 heteroatoms. The third-order valence-electron chi connectivity index (χ3n) is 1.70. The Labute approximate surface area is 76.6 Å². The van der Waals surface area contributed by atoms with Crippen LogP contribution in [0.4, 0.5) is 0 Å². The van der Waals surface area contributed by atoms with E-state index in [1.807, 2.05) is 6.07 Å². The summed E-state index contributed by atoms with van der Waals surface area (Å²) < 4.78 is 4.96. The molecule has 13 heavy (non-hydrogen) atoms. The molecule has 1 rings (SSSR count). The number of hydrogen-bond acceptors (Lipinski definition) is 3. The number of benzene rings is 1. The van der Waals surface area contributed by atoms with Gasteiger partial charge in [-0.2, -0.15) is 5.26 Å². The summed E-state index contributed by atoms with van der Waals surface area (Å²) in [5.41, 5.74) is 1.29. The fraction of sp³-hybridized carbons (Fsp3) is 0.200. The Hall–Kier alpha value is -1.82. The van der Waals surface area contributed by atoms with Gasteiger partial charge in [-0.15, -0.1) is 0 Å². The summed E-state index contributed by atoms with van der Waals surface area (Å²) in [5, 5.41) is 8.72. The van der Waals surface area contributed by atoms with Crippen LogP contribution in [0.1, 0.15) is 11.1 Å². The van der Waals surface area contributed by atoms with E-state index in [1.54, 1.807) is 18.2 Å². The Morgan fingerprint density at radius 2 is 2.38 bits per heavy atom. The maximum atomic E-state index is 10.2. The largest absolute Gasteiger partial charge is 0.495 e. The van der Waals surface area contributed by atoms with Gasteiger partial charge in [-0.25, -0.2) is 0 Å². The van der Waals surface area contributed by atoms with Crippen LogP contribution >= 0.6 is 0 Å². The zero-order valence-electron chi connectivity index (χ0n) is 7.28. The van der Waals surface area contributed by atoms with Crippen molar-refractivity contribution in [2.75, 3.05) is 7.11 Å². The normalized spacial score (nSPS) is 8.92. The first-order valence-electron chi connectivity index (χ1n) is 3.82. The molecular formula is C10H9NO2. The number of hydrogen-bond donors (Lipinski definition) is 0. The van der Waals surface area contributed by atoms with Gasteiger partial charge in [0.2, 0.25) is 0 Å². The SMILES string of the molecule is COc1ccc(CC=O)cc1C#N. The number of carbonyl (C=O) groups is 1. The van der Waals surface area contributed by atoms with Crippen molar-refractivity contribution < 1.29 is 9.53 Å². The van der Waals surface area contributed by atoms with Crippen LogP contribution in [0.15, 0.2) is 18.2 Å². The van der Waals surface area contributed by atoms with Gasteiger partial charge in [0.1, 0.15) is 18.1 Å². The molecule has 0 radical (unpaired) electrons. The first-order valence-corrected chi connectivity index (χ1v) is 3.82. The van der Waals surface area contributed by atoms with Crippen LogP contribution in [0.5, 0.6) is 5.75 Å². The fourth-order valence-electron chi connectivity index (χ4n) is 1.07. The smallest absolute Gasteiger partial charge is 0.136 e. The molecule has 66 valence electrons. The summed E-state index contributed by atoms with van der Waals surface area (Å²) in [5.74, 6) is 0.539. The van der Waals surface area contributed by atoms with Crippen LogP contribution in [0, 0.1) is 11.3 Å². The van der Waals surface area contributed by atoms with Gasteiger partial charge in [0.25, 0.3) is 0 Å². The van der Waals surface area contributed by atoms with Crippen molar-refractivity contribution in [3.63, 3.8) is 0 Å². The predicted octanol–water partition coefficient (Wildman–Crippen LogP) is 1.31. The number of ether oxygens (including phenoxy) is 1. The lowest BCUT2D eigenvalue weighted by atomic mass is 10.1. The molecule has 0 spiro atoms. The number of aldehydes is 1. The zero-order chi connectivity index (χ0) is 9.68. The highest BCUT2D eigenvalue weighted by Gasteiger charge is 2.02. The molecule has 0 saturated heterocycles. The van der Waals surface area contributed by atoms with E-state index >= 15 is 0 Å². The van der Waals surface area contributed by atoms with Crippen LogP contribution in [0.25, 0.3) is 0 Å². The molecule has 0 aliphatic heterocycles. The van der Waals surface area contributed by atoms with Crippen molar-refractivity contribution in [2.45, 2.75) is 6.42 Å². The van der Waals surface area contributed by atoms with Crippen LogP contribution in [-0.4, -0.2) is 13.4 Å². The van der Waals surface area contributed by atoms with Gasteiger partial charge >= 0.3 is 0 Å². The van der Waals surface area contributed by atoms with E-state index in [2.05, 4.69) is 0 Å². The van der Waals surface area contributed by atoms with E-state index < -0.39 is 0 Å². The first kappa shape index (κ1) is 9.27.